The van der Waals surface area contributed by atoms with Gasteiger partial charge in [0.15, 0.2) is 0 Å². The summed E-state index contributed by atoms with van der Waals surface area (Å²) in [6, 6.07) is 0.393. The van der Waals surface area contributed by atoms with Gasteiger partial charge in [0.25, 0.3) is 0 Å². The Bertz CT molecular complexity index is 248. The maximum Gasteiger partial charge on any atom is 0.241 e. The van der Waals surface area contributed by atoms with E-state index in [4.69, 9.17) is 0 Å². The van der Waals surface area contributed by atoms with E-state index in [2.05, 4.69) is 37.2 Å². The number of hydrogen-bond donors (Lipinski definition) is 1. The fraction of sp³-hybridized carbons (Fsp3) is 0.923. The van der Waals surface area contributed by atoms with Crippen LogP contribution in [-0.4, -0.2) is 41.1 Å². The van der Waals surface area contributed by atoms with E-state index in [1.807, 2.05) is 11.8 Å². The standard InChI is InChI=1S/C13H26N2OS/c1-5-7-11-13(16)15(10(3)9-17-4)12(14-11)8-6-2/h10-12,14H,5-9H2,1-4H3. The van der Waals surface area contributed by atoms with Gasteiger partial charge in [-0.1, -0.05) is 26.7 Å². The van der Waals surface area contributed by atoms with E-state index in [0.29, 0.717) is 11.9 Å². The van der Waals surface area contributed by atoms with Gasteiger partial charge in [-0.15, -0.1) is 0 Å². The van der Waals surface area contributed by atoms with Gasteiger partial charge in [0.05, 0.1) is 12.2 Å². The molecule has 0 radical (unpaired) electrons. The summed E-state index contributed by atoms with van der Waals surface area (Å²) < 4.78 is 0. The van der Waals surface area contributed by atoms with E-state index < -0.39 is 0 Å². The number of amides is 1. The minimum Gasteiger partial charge on any atom is -0.322 e. The van der Waals surface area contributed by atoms with Crippen LogP contribution in [0.1, 0.15) is 46.5 Å². The van der Waals surface area contributed by atoms with Gasteiger partial charge < -0.3 is 4.90 Å². The molecule has 0 aromatic carbocycles. The van der Waals surface area contributed by atoms with Crippen LogP contribution < -0.4 is 5.32 Å². The van der Waals surface area contributed by atoms with Gasteiger partial charge >= 0.3 is 0 Å². The highest BCUT2D eigenvalue weighted by Gasteiger charge is 2.39. The number of nitrogens with zero attached hydrogens (tertiary/aromatic N) is 1. The van der Waals surface area contributed by atoms with Crippen LogP contribution in [0.15, 0.2) is 0 Å². The summed E-state index contributed by atoms with van der Waals surface area (Å²) in [5.74, 6) is 1.33. The number of thioether (sulfide) groups is 1. The Kier molecular flexibility index (Phi) is 6.34. The van der Waals surface area contributed by atoms with E-state index in [1.165, 1.54) is 0 Å². The topological polar surface area (TPSA) is 32.3 Å². The predicted molar refractivity (Wildman–Crippen MR) is 75.2 cm³/mol. The van der Waals surface area contributed by atoms with Crippen LogP contribution in [0.4, 0.5) is 0 Å². The van der Waals surface area contributed by atoms with Crippen molar-refractivity contribution in [2.75, 3.05) is 12.0 Å². The first-order valence-electron chi connectivity index (χ1n) is 6.72. The van der Waals surface area contributed by atoms with E-state index in [9.17, 15) is 4.79 Å². The van der Waals surface area contributed by atoms with Gasteiger partial charge in [-0.2, -0.15) is 11.8 Å². The molecule has 17 heavy (non-hydrogen) atoms. The molecule has 1 amide bonds. The number of carbonyl (C=O) groups is 1. The fourth-order valence-corrected chi connectivity index (χ4v) is 3.20. The van der Waals surface area contributed by atoms with Crippen molar-refractivity contribution in [2.24, 2.45) is 0 Å². The molecule has 0 bridgehead atoms. The van der Waals surface area contributed by atoms with Crippen LogP contribution in [0.2, 0.25) is 0 Å². The molecule has 1 N–H and O–H groups in total. The molecular formula is C13H26N2OS. The summed E-state index contributed by atoms with van der Waals surface area (Å²) in [6.07, 6.45) is 6.56. The van der Waals surface area contributed by atoms with Crippen LogP contribution in [0.5, 0.6) is 0 Å². The second-order valence-electron chi connectivity index (χ2n) is 4.86. The quantitative estimate of drug-likeness (QED) is 0.761. The molecule has 4 heteroatoms. The van der Waals surface area contributed by atoms with Crippen molar-refractivity contribution in [3.63, 3.8) is 0 Å². The zero-order chi connectivity index (χ0) is 12.8. The van der Waals surface area contributed by atoms with Gasteiger partial charge in [0, 0.05) is 11.8 Å². The zero-order valence-corrected chi connectivity index (χ0v) is 12.3. The van der Waals surface area contributed by atoms with E-state index >= 15 is 0 Å². The van der Waals surface area contributed by atoms with Crippen molar-refractivity contribution >= 4 is 17.7 Å². The largest absolute Gasteiger partial charge is 0.322 e. The maximum absolute atomic E-state index is 12.4. The second-order valence-corrected chi connectivity index (χ2v) is 5.77. The minimum atomic E-state index is 0.0563. The molecule has 3 nitrogen and oxygen atoms in total. The highest BCUT2D eigenvalue weighted by atomic mass is 32.2. The third-order valence-corrected chi connectivity index (χ3v) is 4.12. The minimum absolute atomic E-state index is 0.0563. The van der Waals surface area contributed by atoms with Crippen LogP contribution >= 0.6 is 11.8 Å². The molecule has 0 aromatic rings. The Morgan fingerprint density at radius 1 is 1.35 bits per heavy atom. The summed E-state index contributed by atoms with van der Waals surface area (Å²) in [4.78, 5) is 14.4. The summed E-state index contributed by atoms with van der Waals surface area (Å²) >= 11 is 1.81. The lowest BCUT2D eigenvalue weighted by Gasteiger charge is -2.29. The Balaban J connectivity index is 2.71. The molecule has 3 unspecified atom stereocenters. The normalized spacial score (nSPS) is 26.6. The third kappa shape index (κ3) is 3.62. The van der Waals surface area contributed by atoms with Crippen molar-refractivity contribution in [1.82, 2.24) is 10.2 Å². The van der Waals surface area contributed by atoms with E-state index in [0.717, 1.165) is 31.4 Å². The molecule has 1 aliphatic heterocycles. The molecule has 0 aromatic heterocycles. The SMILES string of the molecule is CCCC1NC(CCC)N(C(C)CSC)C1=O. The molecule has 1 rings (SSSR count). The first-order chi connectivity index (χ1) is 8.15. The maximum atomic E-state index is 12.4. The Morgan fingerprint density at radius 3 is 2.53 bits per heavy atom. The fourth-order valence-electron chi connectivity index (χ4n) is 2.55. The third-order valence-electron chi connectivity index (χ3n) is 3.30. The average molecular weight is 258 g/mol. The smallest absolute Gasteiger partial charge is 0.241 e. The molecule has 3 atom stereocenters. The molecule has 100 valence electrons. The monoisotopic (exact) mass is 258 g/mol. The predicted octanol–water partition coefficient (Wildman–Crippen LogP) is 2.46. The Hall–Kier alpha value is -0.220. The highest BCUT2D eigenvalue weighted by Crippen LogP contribution is 2.22. The van der Waals surface area contributed by atoms with Crippen LogP contribution in [0.3, 0.4) is 0 Å². The highest BCUT2D eigenvalue weighted by molar-refractivity contribution is 7.98. The molecule has 1 fully saturated rings. The Morgan fingerprint density at radius 2 is 2.00 bits per heavy atom. The first kappa shape index (κ1) is 14.8. The van der Waals surface area contributed by atoms with Gasteiger partial charge in [0.2, 0.25) is 5.91 Å². The van der Waals surface area contributed by atoms with Gasteiger partial charge in [0.1, 0.15) is 0 Å². The number of rotatable bonds is 7. The lowest BCUT2D eigenvalue weighted by Crippen LogP contribution is -2.44. The summed E-state index contributed by atoms with van der Waals surface area (Å²) in [5, 5.41) is 3.50. The van der Waals surface area contributed by atoms with Crippen molar-refractivity contribution in [3.05, 3.63) is 0 Å². The molecule has 1 aliphatic rings. The zero-order valence-electron chi connectivity index (χ0n) is 11.5. The lowest BCUT2D eigenvalue weighted by atomic mass is 10.1. The van der Waals surface area contributed by atoms with Crippen LogP contribution in [-0.2, 0) is 4.79 Å². The number of nitrogens with one attached hydrogen (secondary N) is 1. The van der Waals surface area contributed by atoms with Gasteiger partial charge in [-0.25, -0.2) is 0 Å². The molecular weight excluding hydrogens is 232 g/mol. The number of hydrogen-bond acceptors (Lipinski definition) is 3. The average Bonchev–Trinajstić information content (AvgIpc) is 2.57. The first-order valence-corrected chi connectivity index (χ1v) is 8.12. The Labute approximate surface area is 110 Å². The summed E-state index contributed by atoms with van der Waals surface area (Å²) in [6.45, 7) is 6.47. The molecule has 1 heterocycles. The van der Waals surface area contributed by atoms with E-state index in [-0.39, 0.29) is 12.2 Å². The van der Waals surface area contributed by atoms with E-state index in [1.54, 1.807) is 0 Å². The molecule has 0 saturated carbocycles. The molecule has 0 aliphatic carbocycles. The van der Waals surface area contributed by atoms with Crippen molar-refractivity contribution in [1.29, 1.82) is 0 Å². The van der Waals surface area contributed by atoms with Gasteiger partial charge in [-0.05, 0) is 26.0 Å². The van der Waals surface area contributed by atoms with Crippen molar-refractivity contribution in [3.8, 4) is 0 Å². The second kappa shape index (κ2) is 7.27. The lowest BCUT2D eigenvalue weighted by molar-refractivity contribution is -0.131. The van der Waals surface area contributed by atoms with Gasteiger partial charge in [-0.3, -0.25) is 10.1 Å². The summed E-state index contributed by atoms with van der Waals surface area (Å²) in [7, 11) is 0. The van der Waals surface area contributed by atoms with Crippen LogP contribution in [0.25, 0.3) is 0 Å². The van der Waals surface area contributed by atoms with Crippen molar-refractivity contribution in [2.45, 2.75) is 64.7 Å². The number of carbonyl (C=O) groups excluding carboxylic acids is 1. The summed E-state index contributed by atoms with van der Waals surface area (Å²) in [5.41, 5.74) is 0. The van der Waals surface area contributed by atoms with Crippen LogP contribution in [0, 0.1) is 0 Å². The molecule has 0 spiro atoms. The van der Waals surface area contributed by atoms with Crippen molar-refractivity contribution < 1.29 is 4.79 Å². The molecule has 1 saturated heterocycles.